The molecule has 15 heavy (non-hydrogen) atoms. The van der Waals surface area contributed by atoms with Gasteiger partial charge in [-0.05, 0) is 25.0 Å². The van der Waals surface area contributed by atoms with Crippen molar-refractivity contribution in [3.05, 3.63) is 54.3 Å². The van der Waals surface area contributed by atoms with Crippen molar-refractivity contribution in [2.75, 3.05) is 0 Å². The maximum atomic E-state index is 5.79. The zero-order valence-corrected chi connectivity index (χ0v) is 8.44. The fourth-order valence-corrected chi connectivity index (χ4v) is 1.92. The highest BCUT2D eigenvalue weighted by Gasteiger charge is 2.07. The van der Waals surface area contributed by atoms with E-state index >= 15 is 0 Å². The molecule has 1 aliphatic carbocycles. The number of furan rings is 1. The second kappa shape index (κ2) is 3.43. The molecule has 1 aliphatic rings. The van der Waals surface area contributed by atoms with Gasteiger partial charge in [-0.15, -0.1) is 0 Å². The van der Waals surface area contributed by atoms with Crippen LogP contribution in [0.2, 0.25) is 0 Å². The normalized spacial score (nSPS) is 15.6. The number of allylic oxidation sites excluding steroid dienone is 4. The molecule has 0 saturated carbocycles. The molecule has 2 aromatic rings. The van der Waals surface area contributed by atoms with Crippen LogP contribution in [0.4, 0.5) is 0 Å². The summed E-state index contributed by atoms with van der Waals surface area (Å²) in [5, 5.41) is 1.17. The van der Waals surface area contributed by atoms with Gasteiger partial charge in [-0.25, -0.2) is 0 Å². The topological polar surface area (TPSA) is 13.1 Å². The first-order valence-electron chi connectivity index (χ1n) is 5.29. The second-order valence-electron chi connectivity index (χ2n) is 3.79. The van der Waals surface area contributed by atoms with Crippen LogP contribution in [0, 0.1) is 0 Å². The molecule has 0 unspecified atom stereocenters. The Morgan fingerprint density at radius 2 is 2.00 bits per heavy atom. The predicted octanol–water partition coefficient (Wildman–Crippen LogP) is 4.17. The molecule has 0 aliphatic heterocycles. The molecule has 0 bridgehead atoms. The summed E-state index contributed by atoms with van der Waals surface area (Å²) in [6.45, 7) is 0. The molecule has 0 fully saturated rings. The average Bonchev–Trinajstić information content (AvgIpc) is 2.74. The fraction of sp³-hybridized carbons (Fsp3) is 0.143. The van der Waals surface area contributed by atoms with Gasteiger partial charge in [0, 0.05) is 11.0 Å². The van der Waals surface area contributed by atoms with Gasteiger partial charge in [-0.1, -0.05) is 36.4 Å². The minimum Gasteiger partial charge on any atom is -0.456 e. The SMILES string of the molecule is C1=CC(c2cc3ccccc3o2)=CCC1. The lowest BCUT2D eigenvalue weighted by atomic mass is 10.1. The van der Waals surface area contributed by atoms with E-state index < -0.39 is 0 Å². The van der Waals surface area contributed by atoms with Crippen molar-refractivity contribution in [3.8, 4) is 0 Å². The van der Waals surface area contributed by atoms with Crippen LogP contribution in [-0.2, 0) is 0 Å². The summed E-state index contributed by atoms with van der Waals surface area (Å²) in [5.41, 5.74) is 2.17. The summed E-state index contributed by atoms with van der Waals surface area (Å²) in [4.78, 5) is 0. The van der Waals surface area contributed by atoms with Crippen molar-refractivity contribution in [1.29, 1.82) is 0 Å². The Hall–Kier alpha value is -1.76. The van der Waals surface area contributed by atoms with E-state index in [0.717, 1.165) is 24.2 Å². The van der Waals surface area contributed by atoms with Crippen LogP contribution >= 0.6 is 0 Å². The summed E-state index contributed by atoms with van der Waals surface area (Å²) in [6.07, 6.45) is 8.83. The van der Waals surface area contributed by atoms with Crippen molar-refractivity contribution in [2.45, 2.75) is 12.8 Å². The number of hydrogen-bond donors (Lipinski definition) is 0. The van der Waals surface area contributed by atoms with Gasteiger partial charge in [0.05, 0.1) is 0 Å². The van der Waals surface area contributed by atoms with Gasteiger partial charge in [0.15, 0.2) is 0 Å². The standard InChI is InChI=1S/C14H12O/c1-2-6-11(7-3-1)14-10-12-8-4-5-9-13(12)15-14/h2,4-10H,1,3H2. The summed E-state index contributed by atoms with van der Waals surface area (Å²) >= 11 is 0. The van der Waals surface area contributed by atoms with Gasteiger partial charge in [0.1, 0.15) is 11.3 Å². The minimum absolute atomic E-state index is 0.965. The molecule has 0 saturated heterocycles. The van der Waals surface area contributed by atoms with Gasteiger partial charge in [-0.2, -0.15) is 0 Å². The Balaban J connectivity index is 2.11. The first-order valence-corrected chi connectivity index (χ1v) is 5.29. The largest absolute Gasteiger partial charge is 0.456 e. The summed E-state index contributed by atoms with van der Waals surface area (Å²) in [7, 11) is 0. The van der Waals surface area contributed by atoms with Crippen LogP contribution in [0.25, 0.3) is 16.5 Å². The molecule has 1 heteroatoms. The van der Waals surface area contributed by atoms with Crippen LogP contribution in [0.1, 0.15) is 18.6 Å². The maximum Gasteiger partial charge on any atom is 0.135 e. The lowest BCUT2D eigenvalue weighted by molar-refractivity contribution is 0.600. The summed E-state index contributed by atoms with van der Waals surface area (Å²) in [6, 6.07) is 10.2. The van der Waals surface area contributed by atoms with Crippen molar-refractivity contribution >= 4 is 16.5 Å². The number of fused-ring (bicyclic) bond motifs is 1. The van der Waals surface area contributed by atoms with Crippen LogP contribution in [0.15, 0.2) is 53.0 Å². The lowest BCUT2D eigenvalue weighted by Crippen LogP contribution is -1.81. The third-order valence-electron chi connectivity index (χ3n) is 2.71. The molecule has 1 aromatic carbocycles. The lowest BCUT2D eigenvalue weighted by Gasteiger charge is -2.02. The average molecular weight is 196 g/mol. The summed E-state index contributed by atoms with van der Waals surface area (Å²) in [5.74, 6) is 0.979. The number of benzene rings is 1. The van der Waals surface area contributed by atoms with Gasteiger partial charge < -0.3 is 4.42 Å². The maximum absolute atomic E-state index is 5.79. The smallest absolute Gasteiger partial charge is 0.135 e. The molecular formula is C14H12O. The van der Waals surface area contributed by atoms with Crippen LogP contribution in [0.5, 0.6) is 0 Å². The van der Waals surface area contributed by atoms with Crippen molar-refractivity contribution in [1.82, 2.24) is 0 Å². The highest BCUT2D eigenvalue weighted by atomic mass is 16.3. The van der Waals surface area contributed by atoms with Crippen molar-refractivity contribution < 1.29 is 4.42 Å². The Bertz CT molecular complexity index is 510. The highest BCUT2D eigenvalue weighted by Crippen LogP contribution is 2.27. The van der Waals surface area contributed by atoms with Gasteiger partial charge in [0.25, 0.3) is 0 Å². The molecule has 0 amide bonds. The first-order chi connectivity index (χ1) is 7.43. The van der Waals surface area contributed by atoms with E-state index in [4.69, 9.17) is 4.42 Å². The zero-order chi connectivity index (χ0) is 10.1. The Morgan fingerprint density at radius 1 is 1.07 bits per heavy atom. The third-order valence-corrected chi connectivity index (χ3v) is 2.71. The molecule has 1 nitrogen and oxygen atoms in total. The number of para-hydroxylation sites is 1. The molecule has 3 rings (SSSR count). The number of hydrogen-bond acceptors (Lipinski definition) is 1. The zero-order valence-electron chi connectivity index (χ0n) is 8.44. The third kappa shape index (κ3) is 1.50. The Labute approximate surface area is 88.7 Å². The van der Waals surface area contributed by atoms with Crippen LogP contribution in [0.3, 0.4) is 0 Å². The second-order valence-corrected chi connectivity index (χ2v) is 3.79. The van der Waals surface area contributed by atoms with Crippen molar-refractivity contribution in [3.63, 3.8) is 0 Å². The van der Waals surface area contributed by atoms with Gasteiger partial charge in [-0.3, -0.25) is 0 Å². The number of rotatable bonds is 1. The molecule has 0 radical (unpaired) electrons. The molecule has 0 N–H and O–H groups in total. The van der Waals surface area contributed by atoms with E-state index in [1.54, 1.807) is 0 Å². The van der Waals surface area contributed by atoms with Gasteiger partial charge >= 0.3 is 0 Å². The van der Waals surface area contributed by atoms with E-state index in [2.05, 4.69) is 30.4 Å². The molecular weight excluding hydrogens is 184 g/mol. The van der Waals surface area contributed by atoms with Crippen molar-refractivity contribution in [2.24, 2.45) is 0 Å². The first kappa shape index (κ1) is 8.54. The van der Waals surface area contributed by atoms with E-state index in [1.165, 1.54) is 11.0 Å². The van der Waals surface area contributed by atoms with Gasteiger partial charge in [0.2, 0.25) is 0 Å². The monoisotopic (exact) mass is 196 g/mol. The Morgan fingerprint density at radius 3 is 2.80 bits per heavy atom. The van der Waals surface area contributed by atoms with Crippen LogP contribution in [-0.4, -0.2) is 0 Å². The van der Waals surface area contributed by atoms with E-state index in [-0.39, 0.29) is 0 Å². The summed E-state index contributed by atoms with van der Waals surface area (Å²) < 4.78 is 5.79. The van der Waals surface area contributed by atoms with E-state index in [9.17, 15) is 0 Å². The fourth-order valence-electron chi connectivity index (χ4n) is 1.92. The highest BCUT2D eigenvalue weighted by molar-refractivity contribution is 5.84. The quantitative estimate of drug-likeness (QED) is 0.667. The molecule has 74 valence electrons. The van der Waals surface area contributed by atoms with Crippen LogP contribution < -0.4 is 0 Å². The van der Waals surface area contributed by atoms with E-state index in [0.29, 0.717) is 0 Å². The Kier molecular flexibility index (Phi) is 1.95. The molecule has 0 spiro atoms. The van der Waals surface area contributed by atoms with E-state index in [1.807, 2.05) is 18.2 Å². The molecule has 0 atom stereocenters. The minimum atomic E-state index is 0.965. The predicted molar refractivity (Wildman–Crippen MR) is 62.6 cm³/mol. The molecule has 1 heterocycles. The molecule has 1 aromatic heterocycles.